The quantitative estimate of drug-likeness (QED) is 0.611. The monoisotopic (exact) mass is 256 g/mol. The smallest absolute Gasteiger partial charge is 0.192 e. The van der Waals surface area contributed by atoms with Crippen molar-refractivity contribution in [2.45, 2.75) is 64.6 Å². The van der Waals surface area contributed by atoms with E-state index in [9.17, 15) is 5.11 Å². The van der Waals surface area contributed by atoms with E-state index in [0.29, 0.717) is 0 Å². The number of hydrogen-bond donors (Lipinski definition) is 1. The van der Waals surface area contributed by atoms with Gasteiger partial charge in [0, 0.05) is 0 Å². The van der Waals surface area contributed by atoms with E-state index in [0.717, 1.165) is 19.4 Å². The first-order chi connectivity index (χ1) is 7.78. The van der Waals surface area contributed by atoms with Crippen LogP contribution in [0.15, 0.2) is 11.1 Å². The summed E-state index contributed by atoms with van der Waals surface area (Å²) in [7, 11) is -1.65. The van der Waals surface area contributed by atoms with E-state index in [1.807, 2.05) is 0 Å². The van der Waals surface area contributed by atoms with Gasteiger partial charge in [0.05, 0.1) is 13.2 Å². The Bertz CT molecular complexity index is 287. The average Bonchev–Trinajstić information content (AvgIpc) is 2.25. The highest BCUT2D eigenvalue weighted by Gasteiger charge is 2.37. The van der Waals surface area contributed by atoms with E-state index < -0.39 is 8.32 Å². The molecule has 0 fully saturated rings. The maximum Gasteiger partial charge on any atom is 0.192 e. The summed E-state index contributed by atoms with van der Waals surface area (Å²) in [4.78, 5) is 0. The fourth-order valence-corrected chi connectivity index (χ4v) is 2.85. The van der Waals surface area contributed by atoms with Crippen molar-refractivity contribution in [3.63, 3.8) is 0 Å². The van der Waals surface area contributed by atoms with Gasteiger partial charge >= 0.3 is 0 Å². The average molecular weight is 256 g/mol. The lowest BCUT2D eigenvalue weighted by atomic mass is 9.93. The van der Waals surface area contributed by atoms with E-state index in [1.165, 1.54) is 24.0 Å². The molecule has 0 aliphatic heterocycles. The third-order valence-corrected chi connectivity index (χ3v) is 8.79. The Kier molecular flexibility index (Phi) is 4.99. The van der Waals surface area contributed by atoms with Crippen LogP contribution in [-0.2, 0) is 4.43 Å². The molecule has 1 N–H and O–H groups in total. The lowest BCUT2D eigenvalue weighted by Gasteiger charge is -2.37. The normalized spacial score (nSPS) is 18.7. The van der Waals surface area contributed by atoms with Crippen LogP contribution >= 0.6 is 0 Å². The van der Waals surface area contributed by atoms with Gasteiger partial charge in [-0.15, -0.1) is 0 Å². The summed E-state index contributed by atoms with van der Waals surface area (Å²) in [5, 5.41) is 9.61. The second-order valence-electron chi connectivity index (χ2n) is 6.62. The summed E-state index contributed by atoms with van der Waals surface area (Å²) in [6, 6.07) is 0. The van der Waals surface area contributed by atoms with E-state index in [-0.39, 0.29) is 11.6 Å². The summed E-state index contributed by atoms with van der Waals surface area (Å²) < 4.78 is 6.24. The van der Waals surface area contributed by atoms with Crippen molar-refractivity contribution in [2.75, 3.05) is 13.2 Å². The lowest BCUT2D eigenvalue weighted by Crippen LogP contribution is -2.41. The van der Waals surface area contributed by atoms with Gasteiger partial charge in [0.2, 0.25) is 0 Å². The first kappa shape index (κ1) is 14.9. The van der Waals surface area contributed by atoms with E-state index in [4.69, 9.17) is 4.43 Å². The molecule has 0 saturated carbocycles. The van der Waals surface area contributed by atoms with Crippen LogP contribution < -0.4 is 0 Å². The minimum absolute atomic E-state index is 0.218. The van der Waals surface area contributed by atoms with Gasteiger partial charge in [0.25, 0.3) is 0 Å². The predicted molar refractivity (Wildman–Crippen MR) is 75.7 cm³/mol. The molecule has 0 heterocycles. The molecule has 1 aliphatic carbocycles. The zero-order valence-electron chi connectivity index (χ0n) is 12.1. The Labute approximate surface area is 107 Å². The summed E-state index contributed by atoms with van der Waals surface area (Å²) >= 11 is 0. The fourth-order valence-electron chi connectivity index (χ4n) is 1.88. The molecular formula is C14H28O2Si. The van der Waals surface area contributed by atoms with Crippen molar-refractivity contribution in [3.8, 4) is 0 Å². The molecule has 0 bridgehead atoms. The molecular weight excluding hydrogens is 228 g/mol. The second kappa shape index (κ2) is 5.68. The number of rotatable bonds is 4. The number of aliphatic hydroxyl groups is 1. The SMILES string of the molecule is CC(C)(C)[Si](C)(C)OCC1=C(CO)CCCC1. The minimum Gasteiger partial charge on any atom is -0.413 e. The number of hydrogen-bond acceptors (Lipinski definition) is 2. The van der Waals surface area contributed by atoms with Gasteiger partial charge < -0.3 is 9.53 Å². The molecule has 0 aromatic rings. The van der Waals surface area contributed by atoms with E-state index in [2.05, 4.69) is 33.9 Å². The third kappa shape index (κ3) is 3.93. The maximum atomic E-state index is 9.35. The summed E-state index contributed by atoms with van der Waals surface area (Å²) in [5.74, 6) is 0. The molecule has 0 atom stereocenters. The zero-order valence-corrected chi connectivity index (χ0v) is 13.1. The highest BCUT2D eigenvalue weighted by Crippen LogP contribution is 2.37. The molecule has 3 heteroatoms. The molecule has 1 rings (SSSR count). The van der Waals surface area contributed by atoms with Crippen LogP contribution in [0.3, 0.4) is 0 Å². The standard InChI is InChI=1S/C14H28O2Si/c1-14(2,3)17(4,5)16-11-13-9-7-6-8-12(13)10-15/h15H,6-11H2,1-5H3. The highest BCUT2D eigenvalue weighted by atomic mass is 28.4. The van der Waals surface area contributed by atoms with Crippen LogP contribution in [0.2, 0.25) is 18.1 Å². The molecule has 1 aliphatic rings. The first-order valence-corrected chi connectivity index (χ1v) is 9.63. The molecule has 17 heavy (non-hydrogen) atoms. The van der Waals surface area contributed by atoms with Crippen molar-refractivity contribution in [3.05, 3.63) is 11.1 Å². The van der Waals surface area contributed by atoms with E-state index >= 15 is 0 Å². The lowest BCUT2D eigenvalue weighted by molar-refractivity contribution is 0.293. The maximum absolute atomic E-state index is 9.35. The largest absolute Gasteiger partial charge is 0.413 e. The van der Waals surface area contributed by atoms with Crippen molar-refractivity contribution >= 4 is 8.32 Å². The van der Waals surface area contributed by atoms with Crippen LogP contribution in [0, 0.1) is 0 Å². The van der Waals surface area contributed by atoms with Crippen molar-refractivity contribution in [1.29, 1.82) is 0 Å². The predicted octanol–water partition coefficient (Wildman–Crippen LogP) is 3.87. The molecule has 0 aromatic carbocycles. The van der Waals surface area contributed by atoms with Crippen LogP contribution in [0.1, 0.15) is 46.5 Å². The van der Waals surface area contributed by atoms with Crippen LogP contribution in [0.4, 0.5) is 0 Å². The third-order valence-electron chi connectivity index (χ3n) is 4.31. The summed E-state index contributed by atoms with van der Waals surface area (Å²) in [5.41, 5.74) is 2.60. The van der Waals surface area contributed by atoms with Gasteiger partial charge in [-0.1, -0.05) is 20.8 Å². The number of aliphatic hydroxyl groups excluding tert-OH is 1. The summed E-state index contributed by atoms with van der Waals surface area (Å²) in [6.07, 6.45) is 4.65. The van der Waals surface area contributed by atoms with Gasteiger partial charge in [-0.3, -0.25) is 0 Å². The van der Waals surface area contributed by atoms with Gasteiger partial charge in [0.1, 0.15) is 0 Å². The Balaban J connectivity index is 2.64. The second-order valence-corrected chi connectivity index (χ2v) is 11.4. The highest BCUT2D eigenvalue weighted by molar-refractivity contribution is 6.74. The van der Waals surface area contributed by atoms with Crippen molar-refractivity contribution in [2.24, 2.45) is 0 Å². The van der Waals surface area contributed by atoms with Crippen LogP contribution in [0.5, 0.6) is 0 Å². The minimum atomic E-state index is -1.65. The molecule has 0 unspecified atom stereocenters. The zero-order chi connectivity index (χ0) is 13.1. The molecule has 0 aromatic heterocycles. The van der Waals surface area contributed by atoms with Gasteiger partial charge in [-0.2, -0.15) is 0 Å². The molecule has 2 nitrogen and oxygen atoms in total. The van der Waals surface area contributed by atoms with Crippen molar-refractivity contribution < 1.29 is 9.53 Å². The molecule has 0 saturated heterocycles. The van der Waals surface area contributed by atoms with E-state index in [1.54, 1.807) is 0 Å². The molecule has 100 valence electrons. The Morgan fingerprint density at radius 3 is 2.12 bits per heavy atom. The molecule has 0 radical (unpaired) electrons. The van der Waals surface area contributed by atoms with Crippen LogP contribution in [-0.4, -0.2) is 26.6 Å². The Morgan fingerprint density at radius 2 is 1.65 bits per heavy atom. The van der Waals surface area contributed by atoms with Gasteiger partial charge in [-0.25, -0.2) is 0 Å². The molecule has 0 amide bonds. The topological polar surface area (TPSA) is 29.5 Å². The first-order valence-electron chi connectivity index (χ1n) is 6.72. The van der Waals surface area contributed by atoms with Crippen molar-refractivity contribution in [1.82, 2.24) is 0 Å². The van der Waals surface area contributed by atoms with Gasteiger partial charge in [0.15, 0.2) is 8.32 Å². The van der Waals surface area contributed by atoms with Gasteiger partial charge in [-0.05, 0) is 55.0 Å². The summed E-state index contributed by atoms with van der Waals surface area (Å²) in [6.45, 7) is 12.3. The fraction of sp³-hybridized carbons (Fsp3) is 0.857. The van der Waals surface area contributed by atoms with Crippen LogP contribution in [0.25, 0.3) is 0 Å². The Morgan fingerprint density at radius 1 is 1.12 bits per heavy atom. The Hall–Kier alpha value is -0.123. The molecule has 0 spiro atoms.